The number of nitrogens with one attached hydrogen (secondary N) is 1. The number of aromatic nitrogens is 2. The smallest absolute Gasteiger partial charge is 0.251 e. The fourth-order valence-electron chi connectivity index (χ4n) is 3.78. The minimum atomic E-state index is -0.0134. The molecule has 30 heavy (non-hydrogen) atoms. The van der Waals surface area contributed by atoms with E-state index in [-0.39, 0.29) is 5.91 Å². The Balaban J connectivity index is 1.23. The van der Waals surface area contributed by atoms with Crippen molar-refractivity contribution in [1.29, 1.82) is 0 Å². The molecule has 2 aromatic carbocycles. The van der Waals surface area contributed by atoms with Crippen molar-refractivity contribution in [2.75, 3.05) is 44.2 Å². The molecule has 1 amide bonds. The van der Waals surface area contributed by atoms with Crippen molar-refractivity contribution in [3.63, 3.8) is 0 Å². The topological polar surface area (TPSA) is 61.4 Å². The van der Waals surface area contributed by atoms with Crippen LogP contribution in [0.15, 0.2) is 73.1 Å². The van der Waals surface area contributed by atoms with E-state index in [9.17, 15) is 4.79 Å². The highest BCUT2D eigenvalue weighted by Gasteiger charge is 2.18. The molecule has 2 heterocycles. The lowest BCUT2D eigenvalue weighted by Crippen LogP contribution is -2.47. The van der Waals surface area contributed by atoms with Crippen molar-refractivity contribution in [3.05, 3.63) is 78.6 Å². The molecular weight excluding hydrogens is 374 g/mol. The number of hydrogen-bond acceptors (Lipinski definition) is 5. The molecule has 0 bridgehead atoms. The summed E-state index contributed by atoms with van der Waals surface area (Å²) in [6, 6.07) is 19.7. The van der Waals surface area contributed by atoms with Crippen molar-refractivity contribution < 1.29 is 4.79 Å². The summed E-state index contributed by atoms with van der Waals surface area (Å²) in [6.45, 7) is 5.49. The van der Waals surface area contributed by atoms with E-state index in [1.54, 1.807) is 12.4 Å². The number of carbonyl (C=O) groups excluding carboxylic acids is 1. The summed E-state index contributed by atoms with van der Waals surface area (Å²) in [7, 11) is 0. The van der Waals surface area contributed by atoms with E-state index in [4.69, 9.17) is 0 Å². The van der Waals surface area contributed by atoms with Gasteiger partial charge < -0.3 is 10.2 Å². The molecule has 0 unspecified atom stereocenters. The maximum Gasteiger partial charge on any atom is 0.251 e. The van der Waals surface area contributed by atoms with Crippen molar-refractivity contribution in [1.82, 2.24) is 20.2 Å². The fraction of sp³-hybridized carbons (Fsp3) is 0.292. The predicted molar refractivity (Wildman–Crippen MR) is 120 cm³/mol. The second-order valence-electron chi connectivity index (χ2n) is 7.40. The van der Waals surface area contributed by atoms with Crippen LogP contribution < -0.4 is 10.2 Å². The third-order valence-corrected chi connectivity index (χ3v) is 5.40. The van der Waals surface area contributed by atoms with Crippen LogP contribution >= 0.6 is 0 Å². The molecule has 154 valence electrons. The van der Waals surface area contributed by atoms with Gasteiger partial charge in [0.15, 0.2) is 0 Å². The molecule has 3 aromatic rings. The van der Waals surface area contributed by atoms with Crippen LogP contribution in [-0.2, 0) is 0 Å². The van der Waals surface area contributed by atoms with E-state index in [0.29, 0.717) is 6.54 Å². The second-order valence-corrected chi connectivity index (χ2v) is 7.40. The summed E-state index contributed by atoms with van der Waals surface area (Å²) in [5.41, 5.74) is 2.75. The lowest BCUT2D eigenvalue weighted by atomic mass is 9.99. The van der Waals surface area contributed by atoms with Crippen LogP contribution in [-0.4, -0.2) is 60.0 Å². The Morgan fingerprint density at radius 1 is 0.867 bits per heavy atom. The standard InChI is InChI=1S/C24H27N5O/c30-23(22-11-5-4-10-21(22)20-8-2-1-3-9-20)25-14-7-15-28-16-18-29(19-17-28)24-26-12-6-13-27-24/h1-6,8-13H,7,14-19H2,(H,25,30). The lowest BCUT2D eigenvalue weighted by Gasteiger charge is -2.34. The van der Waals surface area contributed by atoms with E-state index in [1.807, 2.05) is 60.7 Å². The number of piperazine rings is 1. The molecule has 1 aromatic heterocycles. The Bertz CT molecular complexity index is 940. The first kappa shape index (κ1) is 20.0. The molecule has 1 saturated heterocycles. The van der Waals surface area contributed by atoms with Crippen LogP contribution in [0.2, 0.25) is 0 Å². The van der Waals surface area contributed by atoms with Gasteiger partial charge >= 0.3 is 0 Å². The zero-order chi connectivity index (χ0) is 20.6. The number of hydrogen-bond donors (Lipinski definition) is 1. The minimum absolute atomic E-state index is 0.0134. The first-order valence-corrected chi connectivity index (χ1v) is 10.5. The molecule has 0 atom stereocenters. The Morgan fingerprint density at radius 2 is 1.57 bits per heavy atom. The first-order valence-electron chi connectivity index (χ1n) is 10.5. The molecule has 0 saturated carbocycles. The highest BCUT2D eigenvalue weighted by Crippen LogP contribution is 2.23. The summed E-state index contributed by atoms with van der Waals surface area (Å²) in [5, 5.41) is 3.09. The van der Waals surface area contributed by atoms with Crippen LogP contribution in [0.3, 0.4) is 0 Å². The minimum Gasteiger partial charge on any atom is -0.352 e. The van der Waals surface area contributed by atoms with Gasteiger partial charge in [0.1, 0.15) is 0 Å². The molecule has 6 nitrogen and oxygen atoms in total. The molecule has 0 aliphatic carbocycles. The Kier molecular flexibility index (Phi) is 6.67. The van der Waals surface area contributed by atoms with Crippen molar-refractivity contribution in [3.8, 4) is 11.1 Å². The van der Waals surface area contributed by atoms with Gasteiger partial charge in [0.2, 0.25) is 5.95 Å². The third-order valence-electron chi connectivity index (χ3n) is 5.40. The largest absolute Gasteiger partial charge is 0.352 e. The molecule has 1 aliphatic rings. The summed E-state index contributed by atoms with van der Waals surface area (Å²) < 4.78 is 0. The fourth-order valence-corrected chi connectivity index (χ4v) is 3.78. The third kappa shape index (κ3) is 5.02. The monoisotopic (exact) mass is 401 g/mol. The van der Waals surface area contributed by atoms with E-state index in [2.05, 4.69) is 25.1 Å². The maximum absolute atomic E-state index is 12.7. The van der Waals surface area contributed by atoms with Crippen molar-refractivity contribution in [2.24, 2.45) is 0 Å². The Morgan fingerprint density at radius 3 is 2.33 bits per heavy atom. The number of rotatable bonds is 7. The molecule has 0 radical (unpaired) electrons. The van der Waals surface area contributed by atoms with Gasteiger partial charge in [-0.15, -0.1) is 0 Å². The molecule has 1 N–H and O–H groups in total. The molecule has 1 fully saturated rings. The van der Waals surface area contributed by atoms with Gasteiger partial charge in [-0.25, -0.2) is 9.97 Å². The average Bonchev–Trinajstić information content (AvgIpc) is 2.83. The summed E-state index contributed by atoms with van der Waals surface area (Å²) in [6.07, 6.45) is 4.50. The number of anilines is 1. The van der Waals surface area contributed by atoms with Gasteiger partial charge in [-0.3, -0.25) is 9.69 Å². The van der Waals surface area contributed by atoms with Gasteiger partial charge in [0.25, 0.3) is 5.91 Å². The van der Waals surface area contributed by atoms with Crippen molar-refractivity contribution in [2.45, 2.75) is 6.42 Å². The number of carbonyl (C=O) groups is 1. The van der Waals surface area contributed by atoms with E-state index in [0.717, 1.165) is 61.8 Å². The van der Waals surface area contributed by atoms with Gasteiger partial charge in [-0.2, -0.15) is 0 Å². The summed E-state index contributed by atoms with van der Waals surface area (Å²) in [4.78, 5) is 26.1. The van der Waals surface area contributed by atoms with Crippen LogP contribution in [0.25, 0.3) is 11.1 Å². The van der Waals surface area contributed by atoms with Gasteiger partial charge in [-0.1, -0.05) is 48.5 Å². The summed E-state index contributed by atoms with van der Waals surface area (Å²) in [5.74, 6) is 0.794. The van der Waals surface area contributed by atoms with Crippen LogP contribution in [0.4, 0.5) is 5.95 Å². The zero-order valence-corrected chi connectivity index (χ0v) is 17.1. The molecule has 6 heteroatoms. The normalized spacial score (nSPS) is 14.5. The number of amides is 1. The quantitative estimate of drug-likeness (QED) is 0.617. The van der Waals surface area contributed by atoms with Gasteiger partial charge in [0.05, 0.1) is 0 Å². The zero-order valence-electron chi connectivity index (χ0n) is 17.1. The average molecular weight is 402 g/mol. The van der Waals surface area contributed by atoms with Gasteiger partial charge in [0, 0.05) is 50.7 Å². The molecule has 4 rings (SSSR count). The van der Waals surface area contributed by atoms with E-state index < -0.39 is 0 Å². The second kappa shape index (κ2) is 9.98. The van der Waals surface area contributed by atoms with E-state index >= 15 is 0 Å². The Hall–Kier alpha value is -3.25. The predicted octanol–water partition coefficient (Wildman–Crippen LogP) is 3.09. The maximum atomic E-state index is 12.7. The molecular formula is C24H27N5O. The first-order chi connectivity index (χ1) is 14.8. The summed E-state index contributed by atoms with van der Waals surface area (Å²) >= 11 is 0. The molecule has 1 aliphatic heterocycles. The van der Waals surface area contributed by atoms with E-state index in [1.165, 1.54) is 0 Å². The number of nitrogens with zero attached hydrogens (tertiary/aromatic N) is 4. The van der Waals surface area contributed by atoms with Crippen LogP contribution in [0, 0.1) is 0 Å². The number of benzene rings is 2. The van der Waals surface area contributed by atoms with Crippen LogP contribution in [0.1, 0.15) is 16.8 Å². The highest BCUT2D eigenvalue weighted by atomic mass is 16.1. The van der Waals surface area contributed by atoms with Crippen LogP contribution in [0.5, 0.6) is 0 Å². The van der Waals surface area contributed by atoms with Crippen molar-refractivity contribution >= 4 is 11.9 Å². The Labute approximate surface area is 177 Å². The highest BCUT2D eigenvalue weighted by molar-refractivity contribution is 6.00. The molecule has 0 spiro atoms. The van der Waals surface area contributed by atoms with Gasteiger partial charge in [-0.05, 0) is 36.2 Å². The lowest BCUT2D eigenvalue weighted by molar-refractivity contribution is 0.0952. The SMILES string of the molecule is O=C(NCCCN1CCN(c2ncccn2)CC1)c1ccccc1-c1ccccc1.